The summed E-state index contributed by atoms with van der Waals surface area (Å²) in [5.41, 5.74) is 7.72. The van der Waals surface area contributed by atoms with Gasteiger partial charge in [0.25, 0.3) is 5.56 Å². The molecule has 2 aromatic rings. The predicted molar refractivity (Wildman–Crippen MR) is 78.5 cm³/mol. The van der Waals surface area contributed by atoms with Crippen molar-refractivity contribution in [3.63, 3.8) is 0 Å². The third kappa shape index (κ3) is 2.64. The molecule has 18 heavy (non-hydrogen) atoms. The average Bonchev–Trinajstić information content (AvgIpc) is 2.33. The van der Waals surface area contributed by atoms with Gasteiger partial charge in [-0.3, -0.25) is 9.36 Å². The van der Waals surface area contributed by atoms with Gasteiger partial charge in [-0.15, -0.1) is 0 Å². The number of benzene rings is 1. The van der Waals surface area contributed by atoms with Gasteiger partial charge in [-0.2, -0.15) is 0 Å². The number of anilines is 1. The van der Waals surface area contributed by atoms with Crippen LogP contribution in [0.25, 0.3) is 11.1 Å². The van der Waals surface area contributed by atoms with Crippen molar-refractivity contribution in [1.29, 1.82) is 0 Å². The van der Waals surface area contributed by atoms with Crippen LogP contribution in [0, 0.1) is 0 Å². The van der Waals surface area contributed by atoms with E-state index < -0.39 is 0 Å². The second-order valence-electron chi connectivity index (χ2n) is 4.17. The maximum absolute atomic E-state index is 12.0. The van der Waals surface area contributed by atoms with E-state index in [9.17, 15) is 4.79 Å². The van der Waals surface area contributed by atoms with E-state index in [1.54, 1.807) is 10.6 Å². The van der Waals surface area contributed by atoms with E-state index in [0.717, 1.165) is 22.0 Å². The molecule has 0 aliphatic heterocycles. The number of nitrogens with zero attached hydrogens (tertiary/aromatic N) is 1. The molecule has 0 aliphatic rings. The van der Waals surface area contributed by atoms with Crippen molar-refractivity contribution in [3.8, 4) is 11.1 Å². The molecule has 2 N–H and O–H groups in total. The minimum absolute atomic E-state index is 0.0492. The highest BCUT2D eigenvalue weighted by molar-refractivity contribution is 9.10. The number of halogens is 1. The number of hydrogen-bond donors (Lipinski definition) is 1. The van der Waals surface area contributed by atoms with Crippen LogP contribution in [0.1, 0.15) is 13.3 Å². The lowest BCUT2D eigenvalue weighted by atomic mass is 10.1. The van der Waals surface area contributed by atoms with Crippen molar-refractivity contribution < 1.29 is 0 Å². The third-order valence-corrected chi connectivity index (χ3v) is 3.26. The van der Waals surface area contributed by atoms with Gasteiger partial charge in [-0.05, 0) is 35.7 Å². The lowest BCUT2D eigenvalue weighted by Gasteiger charge is -2.10. The summed E-state index contributed by atoms with van der Waals surface area (Å²) in [6, 6.07) is 11.3. The van der Waals surface area contributed by atoms with Crippen LogP contribution >= 0.6 is 15.9 Å². The first-order valence-corrected chi connectivity index (χ1v) is 6.67. The van der Waals surface area contributed by atoms with Crippen molar-refractivity contribution in [2.24, 2.45) is 0 Å². The maximum atomic E-state index is 12.0. The SMILES string of the molecule is CCCn1c(N)cc(-c2cccc(Br)c2)cc1=O. The second-order valence-corrected chi connectivity index (χ2v) is 5.08. The molecular weight excluding hydrogens is 292 g/mol. The molecule has 0 saturated carbocycles. The minimum Gasteiger partial charge on any atom is -0.385 e. The summed E-state index contributed by atoms with van der Waals surface area (Å²) in [5.74, 6) is 0.513. The zero-order valence-corrected chi connectivity index (χ0v) is 11.8. The normalized spacial score (nSPS) is 10.6. The predicted octanol–water partition coefficient (Wildman–Crippen LogP) is 3.27. The molecule has 0 amide bonds. The molecule has 0 atom stereocenters. The van der Waals surface area contributed by atoms with Gasteiger partial charge < -0.3 is 5.73 Å². The smallest absolute Gasteiger partial charge is 0.252 e. The van der Waals surface area contributed by atoms with Crippen LogP contribution in [-0.4, -0.2) is 4.57 Å². The lowest BCUT2D eigenvalue weighted by Crippen LogP contribution is -2.22. The fourth-order valence-corrected chi connectivity index (χ4v) is 2.31. The van der Waals surface area contributed by atoms with Crippen LogP contribution in [0.15, 0.2) is 45.7 Å². The largest absolute Gasteiger partial charge is 0.385 e. The van der Waals surface area contributed by atoms with Crippen molar-refractivity contribution in [3.05, 3.63) is 51.2 Å². The van der Waals surface area contributed by atoms with E-state index in [-0.39, 0.29) is 5.56 Å². The van der Waals surface area contributed by atoms with Gasteiger partial charge in [-0.1, -0.05) is 35.0 Å². The number of nitrogens with two attached hydrogens (primary N) is 1. The Morgan fingerprint density at radius 2 is 2.00 bits per heavy atom. The highest BCUT2D eigenvalue weighted by Crippen LogP contribution is 2.23. The van der Waals surface area contributed by atoms with Crippen LogP contribution in [0.2, 0.25) is 0 Å². The molecule has 94 valence electrons. The van der Waals surface area contributed by atoms with Gasteiger partial charge in [0.15, 0.2) is 0 Å². The number of rotatable bonds is 3. The second kappa shape index (κ2) is 5.40. The molecule has 0 radical (unpaired) electrons. The van der Waals surface area contributed by atoms with Crippen LogP contribution in [0.5, 0.6) is 0 Å². The first kappa shape index (κ1) is 12.9. The monoisotopic (exact) mass is 306 g/mol. The highest BCUT2D eigenvalue weighted by atomic mass is 79.9. The van der Waals surface area contributed by atoms with E-state index in [2.05, 4.69) is 15.9 Å². The van der Waals surface area contributed by atoms with Crippen molar-refractivity contribution in [2.45, 2.75) is 19.9 Å². The zero-order chi connectivity index (χ0) is 13.1. The summed E-state index contributed by atoms with van der Waals surface area (Å²) in [5, 5.41) is 0. The van der Waals surface area contributed by atoms with Gasteiger partial charge in [0.2, 0.25) is 0 Å². The summed E-state index contributed by atoms with van der Waals surface area (Å²) in [6.45, 7) is 2.68. The molecular formula is C14H15BrN2O. The minimum atomic E-state index is -0.0492. The zero-order valence-electron chi connectivity index (χ0n) is 10.2. The van der Waals surface area contributed by atoms with Crippen LogP contribution in [-0.2, 0) is 6.54 Å². The Labute approximate surface area is 114 Å². The molecule has 0 aliphatic carbocycles. The van der Waals surface area contributed by atoms with E-state index in [1.165, 1.54) is 0 Å². The molecule has 0 bridgehead atoms. The van der Waals surface area contributed by atoms with Crippen LogP contribution in [0.3, 0.4) is 0 Å². The molecule has 2 rings (SSSR count). The number of aromatic nitrogens is 1. The van der Waals surface area contributed by atoms with E-state index in [4.69, 9.17) is 5.73 Å². The fourth-order valence-electron chi connectivity index (χ4n) is 1.91. The Hall–Kier alpha value is -1.55. The van der Waals surface area contributed by atoms with Gasteiger partial charge in [-0.25, -0.2) is 0 Å². The molecule has 0 spiro atoms. The molecule has 0 unspecified atom stereocenters. The summed E-state index contributed by atoms with van der Waals surface area (Å²) in [4.78, 5) is 12.0. The van der Waals surface area contributed by atoms with Crippen molar-refractivity contribution in [2.75, 3.05) is 5.73 Å². The quantitative estimate of drug-likeness (QED) is 0.946. The molecule has 3 nitrogen and oxygen atoms in total. The summed E-state index contributed by atoms with van der Waals surface area (Å²) in [6.07, 6.45) is 0.889. The summed E-state index contributed by atoms with van der Waals surface area (Å²) >= 11 is 3.42. The Balaban J connectivity index is 2.51. The summed E-state index contributed by atoms with van der Waals surface area (Å²) < 4.78 is 2.58. The molecule has 4 heteroatoms. The Kier molecular flexibility index (Phi) is 3.87. The van der Waals surface area contributed by atoms with E-state index >= 15 is 0 Å². The molecule has 1 aromatic carbocycles. The lowest BCUT2D eigenvalue weighted by molar-refractivity contribution is 0.664. The van der Waals surface area contributed by atoms with E-state index in [1.807, 2.05) is 37.3 Å². The molecule has 1 heterocycles. The maximum Gasteiger partial charge on any atom is 0.252 e. The Morgan fingerprint density at radius 3 is 2.61 bits per heavy atom. The van der Waals surface area contributed by atoms with Gasteiger partial charge >= 0.3 is 0 Å². The molecule has 0 saturated heterocycles. The third-order valence-electron chi connectivity index (χ3n) is 2.77. The average molecular weight is 307 g/mol. The number of nitrogen functional groups attached to an aromatic ring is 1. The van der Waals surface area contributed by atoms with E-state index in [0.29, 0.717) is 12.4 Å². The van der Waals surface area contributed by atoms with Crippen LogP contribution in [0.4, 0.5) is 5.82 Å². The summed E-state index contributed by atoms with van der Waals surface area (Å²) in [7, 11) is 0. The highest BCUT2D eigenvalue weighted by Gasteiger charge is 2.05. The van der Waals surface area contributed by atoms with Gasteiger partial charge in [0, 0.05) is 17.1 Å². The topological polar surface area (TPSA) is 48.0 Å². The molecule has 1 aromatic heterocycles. The van der Waals surface area contributed by atoms with Crippen molar-refractivity contribution in [1.82, 2.24) is 4.57 Å². The van der Waals surface area contributed by atoms with Gasteiger partial charge in [0.05, 0.1) is 0 Å². The van der Waals surface area contributed by atoms with Crippen LogP contribution < -0.4 is 11.3 Å². The Morgan fingerprint density at radius 1 is 1.22 bits per heavy atom. The first-order valence-electron chi connectivity index (χ1n) is 5.88. The standard InChI is InChI=1S/C14H15BrN2O/c1-2-6-17-13(16)8-11(9-14(17)18)10-4-3-5-12(15)7-10/h3-5,7-9H,2,6,16H2,1H3. The van der Waals surface area contributed by atoms with Gasteiger partial charge in [0.1, 0.15) is 5.82 Å². The first-order chi connectivity index (χ1) is 8.61. The molecule has 0 fully saturated rings. The number of hydrogen-bond acceptors (Lipinski definition) is 2. The van der Waals surface area contributed by atoms with Crippen molar-refractivity contribution >= 4 is 21.7 Å². The number of pyridine rings is 1. The fraction of sp³-hybridized carbons (Fsp3) is 0.214. The Bertz CT molecular complexity index is 619.